The summed E-state index contributed by atoms with van der Waals surface area (Å²) in [4.78, 5) is 59.5. The molecule has 2 aliphatic rings. The van der Waals surface area contributed by atoms with Gasteiger partial charge in [-0.05, 0) is 34.4 Å². The summed E-state index contributed by atoms with van der Waals surface area (Å²) in [5, 5.41) is 21.1. The second-order valence-electron chi connectivity index (χ2n) is 13.8. The molecule has 2 aromatic heterocycles. The van der Waals surface area contributed by atoms with Crippen LogP contribution in [0.5, 0.6) is 11.5 Å². The lowest BCUT2D eigenvalue weighted by atomic mass is 9.95. The van der Waals surface area contributed by atoms with Crippen LogP contribution in [0.2, 0.25) is 0 Å². The Kier molecular flexibility index (Phi) is 10.8. The first-order chi connectivity index (χ1) is 28.4. The second kappa shape index (κ2) is 15.5. The summed E-state index contributed by atoms with van der Waals surface area (Å²) in [5.74, 6) is -7.15. The number of carbonyl (C=O) groups is 4. The second-order valence-corrected chi connectivity index (χ2v) is 14.4. The molecule has 0 radical (unpaired) electrons. The maximum Gasteiger partial charge on any atom is 0.432 e. The molecule has 4 heterocycles. The van der Waals surface area contributed by atoms with Gasteiger partial charge in [0.15, 0.2) is 0 Å². The summed E-state index contributed by atoms with van der Waals surface area (Å²) < 4.78 is 93.6. The Balaban J connectivity index is 1.20. The molecule has 314 valence electrons. The number of rotatable bonds is 8. The average Bonchev–Trinajstić information content (AvgIpc) is 3.99. The summed E-state index contributed by atoms with van der Waals surface area (Å²) >= 11 is 12.5. The number of H-pyrrole nitrogens is 2. The number of methoxy groups -OCH3 is 2. The third-order valence-corrected chi connectivity index (χ3v) is 11.2. The van der Waals surface area contributed by atoms with Crippen molar-refractivity contribution >= 4 is 92.3 Å². The number of aromatic hydroxyl groups is 2. The van der Waals surface area contributed by atoms with Crippen LogP contribution in [0.25, 0.3) is 34.0 Å². The molecule has 2 atom stereocenters. The number of phenolic OH excluding ortho intramolecular Hbond substituents is 2. The van der Waals surface area contributed by atoms with Gasteiger partial charge in [0.2, 0.25) is 0 Å². The molecule has 0 aliphatic carbocycles. The van der Waals surface area contributed by atoms with Crippen molar-refractivity contribution in [1.29, 1.82) is 0 Å². The molecular weight excluding hydrogens is 849 g/mol. The molecule has 0 spiro atoms. The van der Waals surface area contributed by atoms with E-state index >= 15 is 0 Å². The van der Waals surface area contributed by atoms with Crippen molar-refractivity contribution < 1.29 is 65.2 Å². The molecular formula is C40H30Cl2F6N4O8. The Labute approximate surface area is 344 Å². The van der Waals surface area contributed by atoms with Gasteiger partial charge in [0.05, 0.1) is 47.8 Å². The number of hydrogen-bond donors (Lipinski definition) is 4. The first-order valence-corrected chi connectivity index (χ1v) is 18.8. The van der Waals surface area contributed by atoms with Gasteiger partial charge in [-0.25, -0.2) is 9.59 Å². The molecule has 0 unspecified atom stereocenters. The number of nitrogens with one attached hydrogen (secondary N) is 2. The Bertz CT molecular complexity index is 2500. The van der Waals surface area contributed by atoms with Crippen molar-refractivity contribution in [1.82, 2.24) is 9.97 Å². The van der Waals surface area contributed by atoms with Gasteiger partial charge < -0.3 is 39.5 Å². The lowest BCUT2D eigenvalue weighted by Crippen LogP contribution is -2.28. The number of benzene rings is 3. The fraction of sp³-hybridized carbons (Fsp3) is 0.250. The van der Waals surface area contributed by atoms with Crippen molar-refractivity contribution in [2.45, 2.75) is 24.2 Å². The molecule has 4 N–H and O–H groups in total. The number of ether oxygens (including phenoxy) is 2. The van der Waals surface area contributed by atoms with E-state index in [2.05, 4.69) is 19.4 Å². The molecule has 7 rings (SSSR count). The fourth-order valence-electron chi connectivity index (χ4n) is 7.85. The zero-order valence-electron chi connectivity index (χ0n) is 31.0. The van der Waals surface area contributed by atoms with Gasteiger partial charge in [-0.3, -0.25) is 9.59 Å². The predicted octanol–water partition coefficient (Wildman–Crippen LogP) is 8.44. The standard InChI is InChI=1S/C40H30Cl2F6N4O8/c1-59-37(57)31-29-27-19(13-41)15-51(21(27)11-23(53)33(29)49-35(31)39(43,44)45)25(55)9-7-17-5-3-4-6-18(17)8-10-26(56)52-16-20(14-42)28-22(52)12-24(54)34-30(28)32(38(58)60-2)36(50-34)40(46,47)48/h3-12,19-20,49-50,53-54H,13-16H2,1-2H3/b9-7+,10-8+/t19-,20-/m1/s1. The van der Waals surface area contributed by atoms with Gasteiger partial charge in [0.1, 0.15) is 22.9 Å². The Morgan fingerprint density at radius 1 is 0.717 bits per heavy atom. The number of carbonyl (C=O) groups excluding carboxylic acids is 4. The third kappa shape index (κ3) is 6.96. The van der Waals surface area contributed by atoms with E-state index in [-0.39, 0.29) is 69.2 Å². The van der Waals surface area contributed by atoms with Crippen LogP contribution in [-0.2, 0) is 31.4 Å². The van der Waals surface area contributed by atoms with Gasteiger partial charge in [0, 0.05) is 71.7 Å². The first kappa shape index (κ1) is 42.0. The van der Waals surface area contributed by atoms with E-state index in [9.17, 15) is 55.7 Å². The van der Waals surface area contributed by atoms with Gasteiger partial charge in [-0.1, -0.05) is 24.3 Å². The van der Waals surface area contributed by atoms with Gasteiger partial charge in [0.25, 0.3) is 11.8 Å². The maximum atomic E-state index is 14.1. The lowest BCUT2D eigenvalue weighted by Gasteiger charge is -2.16. The third-order valence-electron chi connectivity index (χ3n) is 10.4. The number of fused-ring (bicyclic) bond motifs is 6. The highest BCUT2D eigenvalue weighted by Gasteiger charge is 2.45. The molecule has 20 heteroatoms. The topological polar surface area (TPSA) is 165 Å². The van der Waals surface area contributed by atoms with E-state index in [4.69, 9.17) is 23.2 Å². The number of amides is 2. The molecule has 5 aromatic rings. The maximum absolute atomic E-state index is 14.1. The minimum Gasteiger partial charge on any atom is -0.506 e. The summed E-state index contributed by atoms with van der Waals surface area (Å²) in [6, 6.07) is 8.73. The molecule has 2 amide bonds. The molecule has 0 saturated heterocycles. The van der Waals surface area contributed by atoms with Crippen molar-refractivity contribution in [3.05, 3.63) is 93.3 Å². The van der Waals surface area contributed by atoms with E-state index in [0.717, 1.165) is 38.5 Å². The van der Waals surface area contributed by atoms with Crippen molar-refractivity contribution in [2.75, 3.05) is 48.9 Å². The normalized spacial score (nSPS) is 16.7. The first-order valence-electron chi connectivity index (χ1n) is 17.7. The summed E-state index contributed by atoms with van der Waals surface area (Å²) in [6.45, 7) is -0.235. The number of halogens is 8. The SMILES string of the molecule is COC(=O)c1c(C(F)(F)F)[nH]c2c(O)cc3c(c12)[C@H](CCl)CN3C(=O)/C=C/c1ccccc1/C=C/C(=O)N1C[C@@H](CCl)c2c1cc(O)c1[nH]c(C(F)(F)F)c(C(=O)OC)c21. The highest BCUT2D eigenvalue weighted by molar-refractivity contribution is 6.21. The number of hydrogen-bond acceptors (Lipinski definition) is 8. The number of phenols is 2. The summed E-state index contributed by atoms with van der Waals surface area (Å²) in [6.07, 6.45) is -4.92. The van der Waals surface area contributed by atoms with E-state index in [1.54, 1.807) is 24.3 Å². The van der Waals surface area contributed by atoms with Crippen molar-refractivity contribution in [2.24, 2.45) is 0 Å². The number of anilines is 2. The quantitative estimate of drug-likeness (QED) is 0.0522. The number of esters is 2. The van der Waals surface area contributed by atoms with Crippen molar-refractivity contribution in [3.8, 4) is 11.5 Å². The zero-order chi connectivity index (χ0) is 43.6. The monoisotopic (exact) mass is 878 g/mol. The van der Waals surface area contributed by atoms with E-state index in [1.807, 2.05) is 0 Å². The van der Waals surface area contributed by atoms with Gasteiger partial charge in [-0.2, -0.15) is 26.3 Å². The number of aromatic amines is 2. The average molecular weight is 880 g/mol. The number of alkyl halides is 8. The van der Waals surface area contributed by atoms with Crippen LogP contribution < -0.4 is 9.80 Å². The Morgan fingerprint density at radius 2 is 1.08 bits per heavy atom. The number of nitrogens with zero attached hydrogens (tertiary/aromatic N) is 2. The number of aromatic nitrogens is 2. The molecule has 0 fully saturated rings. The van der Waals surface area contributed by atoms with Crippen LogP contribution in [0, 0.1) is 0 Å². The molecule has 12 nitrogen and oxygen atoms in total. The van der Waals surface area contributed by atoms with E-state index in [0.29, 0.717) is 11.1 Å². The van der Waals surface area contributed by atoms with Crippen molar-refractivity contribution in [3.63, 3.8) is 0 Å². The minimum absolute atomic E-state index is 0.0226. The molecule has 0 saturated carbocycles. The van der Waals surface area contributed by atoms with E-state index < -0.39 is 82.0 Å². The molecule has 60 heavy (non-hydrogen) atoms. The van der Waals surface area contributed by atoms with Crippen LogP contribution in [-0.4, -0.2) is 83.0 Å². The molecule has 2 aliphatic heterocycles. The highest BCUT2D eigenvalue weighted by Crippen LogP contribution is 2.51. The van der Waals surface area contributed by atoms with Crippen LogP contribution in [0.1, 0.15) is 66.2 Å². The van der Waals surface area contributed by atoms with E-state index in [1.165, 1.54) is 22.0 Å². The molecule has 3 aromatic carbocycles. The fourth-order valence-corrected chi connectivity index (χ4v) is 8.36. The summed E-state index contributed by atoms with van der Waals surface area (Å²) in [5.41, 5.74) is -4.24. The smallest absolute Gasteiger partial charge is 0.432 e. The van der Waals surface area contributed by atoms with Crippen LogP contribution >= 0.6 is 23.2 Å². The Hall–Kier alpha value is -6.14. The van der Waals surface area contributed by atoms with Crippen LogP contribution in [0.15, 0.2) is 48.6 Å². The van der Waals surface area contributed by atoms with Crippen LogP contribution in [0.4, 0.5) is 37.7 Å². The lowest BCUT2D eigenvalue weighted by molar-refractivity contribution is -0.141. The summed E-state index contributed by atoms with van der Waals surface area (Å²) in [7, 11) is 1.81. The van der Waals surface area contributed by atoms with Crippen LogP contribution in [0.3, 0.4) is 0 Å². The highest BCUT2D eigenvalue weighted by atomic mass is 35.5. The largest absolute Gasteiger partial charge is 0.506 e. The Morgan fingerprint density at radius 3 is 1.40 bits per heavy atom. The predicted molar refractivity (Wildman–Crippen MR) is 209 cm³/mol. The minimum atomic E-state index is -5.04. The van der Waals surface area contributed by atoms with Gasteiger partial charge >= 0.3 is 24.3 Å². The zero-order valence-corrected chi connectivity index (χ0v) is 32.5. The molecule has 0 bridgehead atoms. The van der Waals surface area contributed by atoms with Gasteiger partial charge in [-0.15, -0.1) is 23.2 Å².